The predicted molar refractivity (Wildman–Crippen MR) is 56.2 cm³/mol. The first-order chi connectivity index (χ1) is 6.74. The van der Waals surface area contributed by atoms with Gasteiger partial charge < -0.3 is 9.52 Å². The SMILES string of the molecule is CCc1c(C(C)O)oc2ccccc12. The van der Waals surface area contributed by atoms with Crippen LogP contribution in [0, 0.1) is 0 Å². The molecule has 1 heterocycles. The number of benzene rings is 1. The molecule has 0 spiro atoms. The lowest BCUT2D eigenvalue weighted by Gasteiger charge is -2.01. The number of furan rings is 1. The zero-order chi connectivity index (χ0) is 10.1. The van der Waals surface area contributed by atoms with Crippen molar-refractivity contribution >= 4 is 11.0 Å². The van der Waals surface area contributed by atoms with E-state index >= 15 is 0 Å². The van der Waals surface area contributed by atoms with Crippen molar-refractivity contribution in [3.05, 3.63) is 35.6 Å². The van der Waals surface area contributed by atoms with E-state index in [9.17, 15) is 5.11 Å². The van der Waals surface area contributed by atoms with Gasteiger partial charge in [-0.25, -0.2) is 0 Å². The Balaban J connectivity index is 2.72. The van der Waals surface area contributed by atoms with E-state index < -0.39 is 6.10 Å². The molecule has 0 aliphatic rings. The van der Waals surface area contributed by atoms with Crippen molar-refractivity contribution in [3.63, 3.8) is 0 Å². The maximum atomic E-state index is 9.54. The first-order valence-corrected chi connectivity index (χ1v) is 4.92. The lowest BCUT2D eigenvalue weighted by Crippen LogP contribution is -1.92. The van der Waals surface area contributed by atoms with Gasteiger partial charge in [0.1, 0.15) is 17.4 Å². The monoisotopic (exact) mass is 190 g/mol. The summed E-state index contributed by atoms with van der Waals surface area (Å²) in [6.45, 7) is 3.81. The average molecular weight is 190 g/mol. The number of hydrogen-bond donors (Lipinski definition) is 1. The summed E-state index contributed by atoms with van der Waals surface area (Å²) in [5, 5.41) is 10.7. The molecule has 0 saturated heterocycles. The van der Waals surface area contributed by atoms with Crippen molar-refractivity contribution in [3.8, 4) is 0 Å². The summed E-state index contributed by atoms with van der Waals surface area (Å²) in [4.78, 5) is 0. The molecule has 0 saturated carbocycles. The van der Waals surface area contributed by atoms with Crippen molar-refractivity contribution in [2.45, 2.75) is 26.4 Å². The first kappa shape index (κ1) is 9.28. The number of aryl methyl sites for hydroxylation is 1. The Morgan fingerprint density at radius 2 is 2.07 bits per heavy atom. The van der Waals surface area contributed by atoms with Crippen molar-refractivity contribution < 1.29 is 9.52 Å². The van der Waals surface area contributed by atoms with Gasteiger partial charge in [-0.15, -0.1) is 0 Å². The van der Waals surface area contributed by atoms with Gasteiger partial charge in [-0.3, -0.25) is 0 Å². The zero-order valence-corrected chi connectivity index (χ0v) is 8.45. The molecule has 0 amide bonds. The third-order valence-corrected chi connectivity index (χ3v) is 2.46. The summed E-state index contributed by atoms with van der Waals surface area (Å²) in [5.74, 6) is 0.703. The molecular weight excluding hydrogens is 176 g/mol. The summed E-state index contributed by atoms with van der Waals surface area (Å²) in [6, 6.07) is 7.89. The highest BCUT2D eigenvalue weighted by Gasteiger charge is 2.15. The van der Waals surface area contributed by atoms with Gasteiger partial charge in [-0.05, 0) is 19.4 Å². The highest BCUT2D eigenvalue weighted by atomic mass is 16.4. The van der Waals surface area contributed by atoms with Crippen molar-refractivity contribution in [2.24, 2.45) is 0 Å². The Hall–Kier alpha value is -1.28. The smallest absolute Gasteiger partial charge is 0.136 e. The van der Waals surface area contributed by atoms with Gasteiger partial charge in [0.2, 0.25) is 0 Å². The number of fused-ring (bicyclic) bond motifs is 1. The van der Waals surface area contributed by atoms with E-state index in [0.29, 0.717) is 5.76 Å². The molecule has 1 aromatic heterocycles. The third-order valence-electron chi connectivity index (χ3n) is 2.46. The second-order valence-corrected chi connectivity index (χ2v) is 3.47. The lowest BCUT2D eigenvalue weighted by atomic mass is 10.1. The quantitative estimate of drug-likeness (QED) is 0.789. The molecule has 2 heteroatoms. The summed E-state index contributed by atoms with van der Waals surface area (Å²) >= 11 is 0. The summed E-state index contributed by atoms with van der Waals surface area (Å²) < 4.78 is 5.60. The van der Waals surface area contributed by atoms with Gasteiger partial charge in [0.05, 0.1) is 0 Å². The van der Waals surface area contributed by atoms with Crippen LogP contribution >= 0.6 is 0 Å². The molecule has 14 heavy (non-hydrogen) atoms. The van der Waals surface area contributed by atoms with Gasteiger partial charge in [-0.2, -0.15) is 0 Å². The summed E-state index contributed by atoms with van der Waals surface area (Å²) in [6.07, 6.45) is 0.356. The standard InChI is InChI=1S/C12H14O2/c1-3-9-10-6-4-5-7-11(10)14-12(9)8(2)13/h4-8,13H,3H2,1-2H3. The molecule has 1 atom stereocenters. The van der Waals surface area contributed by atoms with E-state index in [1.54, 1.807) is 6.92 Å². The fourth-order valence-corrected chi connectivity index (χ4v) is 1.82. The lowest BCUT2D eigenvalue weighted by molar-refractivity contribution is 0.170. The minimum atomic E-state index is -0.530. The highest BCUT2D eigenvalue weighted by molar-refractivity contribution is 5.82. The Bertz CT molecular complexity index is 441. The Morgan fingerprint density at radius 3 is 2.71 bits per heavy atom. The second kappa shape index (κ2) is 3.46. The Labute approximate surface area is 83.2 Å². The van der Waals surface area contributed by atoms with E-state index in [-0.39, 0.29) is 0 Å². The van der Waals surface area contributed by atoms with Crippen molar-refractivity contribution in [1.29, 1.82) is 0 Å². The normalized spacial score (nSPS) is 13.4. The molecule has 0 bridgehead atoms. The molecule has 74 valence electrons. The first-order valence-electron chi connectivity index (χ1n) is 4.92. The van der Waals surface area contributed by atoms with Crippen molar-refractivity contribution in [2.75, 3.05) is 0 Å². The molecule has 1 aromatic carbocycles. The van der Waals surface area contributed by atoms with Crippen molar-refractivity contribution in [1.82, 2.24) is 0 Å². The van der Waals surface area contributed by atoms with Crippen LogP contribution in [0.4, 0.5) is 0 Å². The van der Waals surface area contributed by atoms with Crippen LogP contribution in [0.5, 0.6) is 0 Å². The van der Waals surface area contributed by atoms with E-state index in [0.717, 1.165) is 23.0 Å². The van der Waals surface area contributed by atoms with Gasteiger partial charge in [-0.1, -0.05) is 25.1 Å². The average Bonchev–Trinajstić information content (AvgIpc) is 2.56. The molecule has 1 N–H and O–H groups in total. The van der Waals surface area contributed by atoms with Crippen LogP contribution in [-0.2, 0) is 6.42 Å². The second-order valence-electron chi connectivity index (χ2n) is 3.47. The molecule has 2 rings (SSSR count). The summed E-state index contributed by atoms with van der Waals surface area (Å²) in [5.41, 5.74) is 1.98. The molecule has 1 unspecified atom stereocenters. The summed E-state index contributed by atoms with van der Waals surface area (Å²) in [7, 11) is 0. The largest absolute Gasteiger partial charge is 0.458 e. The third kappa shape index (κ3) is 1.32. The molecule has 2 aromatic rings. The molecule has 0 fully saturated rings. The maximum absolute atomic E-state index is 9.54. The van der Waals surface area contributed by atoms with E-state index in [1.807, 2.05) is 24.3 Å². The van der Waals surface area contributed by atoms with E-state index in [2.05, 4.69) is 6.92 Å². The van der Waals surface area contributed by atoms with Crippen LogP contribution in [-0.4, -0.2) is 5.11 Å². The molecule has 0 aliphatic heterocycles. The van der Waals surface area contributed by atoms with E-state index in [4.69, 9.17) is 4.42 Å². The van der Waals surface area contributed by atoms with Crippen LogP contribution in [0.25, 0.3) is 11.0 Å². The zero-order valence-electron chi connectivity index (χ0n) is 8.45. The fraction of sp³-hybridized carbons (Fsp3) is 0.333. The number of aliphatic hydroxyl groups is 1. The van der Waals surface area contributed by atoms with Crippen LogP contribution in [0.15, 0.2) is 28.7 Å². The Kier molecular flexibility index (Phi) is 2.30. The van der Waals surface area contributed by atoms with Gasteiger partial charge in [0.15, 0.2) is 0 Å². The number of para-hydroxylation sites is 1. The van der Waals surface area contributed by atoms with E-state index in [1.165, 1.54) is 0 Å². The molecule has 0 aliphatic carbocycles. The molecule has 2 nitrogen and oxygen atoms in total. The number of rotatable bonds is 2. The number of aliphatic hydroxyl groups excluding tert-OH is 1. The van der Waals surface area contributed by atoms with Crippen LogP contribution in [0.1, 0.15) is 31.3 Å². The highest BCUT2D eigenvalue weighted by Crippen LogP contribution is 2.29. The van der Waals surface area contributed by atoms with Gasteiger partial charge >= 0.3 is 0 Å². The van der Waals surface area contributed by atoms with Gasteiger partial charge in [0.25, 0.3) is 0 Å². The molecule has 0 radical (unpaired) electrons. The number of hydrogen-bond acceptors (Lipinski definition) is 2. The molecular formula is C12H14O2. The van der Waals surface area contributed by atoms with Gasteiger partial charge in [0, 0.05) is 10.9 Å². The topological polar surface area (TPSA) is 33.4 Å². The van der Waals surface area contributed by atoms with Crippen LogP contribution < -0.4 is 0 Å². The minimum absolute atomic E-state index is 0.530. The maximum Gasteiger partial charge on any atom is 0.136 e. The Morgan fingerprint density at radius 1 is 1.36 bits per heavy atom. The minimum Gasteiger partial charge on any atom is -0.458 e. The van der Waals surface area contributed by atoms with Crippen LogP contribution in [0.3, 0.4) is 0 Å². The predicted octanol–water partition coefficient (Wildman–Crippen LogP) is 3.05. The van der Waals surface area contributed by atoms with Crippen LogP contribution in [0.2, 0.25) is 0 Å². The fourth-order valence-electron chi connectivity index (χ4n) is 1.82.